The van der Waals surface area contributed by atoms with E-state index in [0.29, 0.717) is 16.3 Å². The van der Waals surface area contributed by atoms with Crippen molar-refractivity contribution in [2.24, 2.45) is 0 Å². The quantitative estimate of drug-likeness (QED) is 0.890. The molecule has 1 aromatic heterocycles. The van der Waals surface area contributed by atoms with Gasteiger partial charge in [-0.15, -0.1) is 0 Å². The minimum absolute atomic E-state index is 0.0858. The number of hydrogen-bond acceptors (Lipinski definition) is 4. The van der Waals surface area contributed by atoms with E-state index < -0.39 is 6.10 Å². The molecule has 2 rings (SSSR count). The van der Waals surface area contributed by atoms with Gasteiger partial charge in [0.05, 0.1) is 17.7 Å². The molecule has 0 saturated heterocycles. The smallest absolute Gasteiger partial charge is 0.145 e. The number of benzene rings is 1. The van der Waals surface area contributed by atoms with Crippen LogP contribution in [0.3, 0.4) is 0 Å². The molecular weight excluding hydrogens is 278 g/mol. The van der Waals surface area contributed by atoms with Crippen LogP contribution in [0.1, 0.15) is 13.8 Å². The molecule has 0 fully saturated rings. The third-order valence-electron chi connectivity index (χ3n) is 2.73. The molecule has 0 saturated carbocycles. The molecule has 0 aliphatic heterocycles. The highest BCUT2D eigenvalue weighted by atomic mass is 35.5. The van der Waals surface area contributed by atoms with Crippen molar-refractivity contribution in [2.45, 2.75) is 26.1 Å². The summed E-state index contributed by atoms with van der Waals surface area (Å²) in [5, 5.41) is 11.3. The first-order valence-electron chi connectivity index (χ1n) is 6.53. The van der Waals surface area contributed by atoms with Crippen molar-refractivity contribution in [1.29, 1.82) is 0 Å². The first kappa shape index (κ1) is 15.0. The fourth-order valence-electron chi connectivity index (χ4n) is 1.77. The van der Waals surface area contributed by atoms with Crippen LogP contribution in [0.4, 0.5) is 0 Å². The maximum absolute atomic E-state index is 9.79. The zero-order valence-electron chi connectivity index (χ0n) is 11.5. The molecule has 1 atom stereocenters. The topological polar surface area (TPSA) is 51.6 Å². The molecule has 2 aromatic rings. The van der Waals surface area contributed by atoms with E-state index in [1.54, 1.807) is 18.3 Å². The Morgan fingerprint density at radius 2 is 2.05 bits per heavy atom. The normalized spacial score (nSPS) is 12.8. The molecule has 0 spiro atoms. The Morgan fingerprint density at radius 3 is 2.80 bits per heavy atom. The Balaban J connectivity index is 2.05. The fourth-order valence-corrected chi connectivity index (χ4v) is 1.98. The molecule has 0 amide bonds. The molecule has 1 unspecified atom stereocenters. The summed E-state index contributed by atoms with van der Waals surface area (Å²) >= 11 is 6.11. The highest BCUT2D eigenvalue weighted by molar-refractivity contribution is 6.35. The summed E-state index contributed by atoms with van der Waals surface area (Å²) in [5.41, 5.74) is 0.692. The van der Waals surface area contributed by atoms with Gasteiger partial charge in [-0.3, -0.25) is 4.98 Å². The van der Waals surface area contributed by atoms with Crippen molar-refractivity contribution in [3.8, 4) is 5.75 Å². The monoisotopic (exact) mass is 295 g/mol. The highest BCUT2D eigenvalue weighted by Crippen LogP contribution is 2.29. The van der Waals surface area contributed by atoms with Crippen molar-refractivity contribution in [3.63, 3.8) is 0 Å². The van der Waals surface area contributed by atoms with Crippen molar-refractivity contribution < 1.29 is 14.6 Å². The Hall–Kier alpha value is -1.36. The lowest BCUT2D eigenvalue weighted by molar-refractivity contribution is -0.0121. The summed E-state index contributed by atoms with van der Waals surface area (Å²) in [6.45, 7) is 4.24. The van der Waals surface area contributed by atoms with E-state index >= 15 is 0 Å². The maximum Gasteiger partial charge on any atom is 0.145 e. The van der Waals surface area contributed by atoms with Gasteiger partial charge < -0.3 is 14.6 Å². The van der Waals surface area contributed by atoms with Crippen LogP contribution in [0.15, 0.2) is 30.5 Å². The van der Waals surface area contributed by atoms with E-state index in [2.05, 4.69) is 4.98 Å². The summed E-state index contributed by atoms with van der Waals surface area (Å²) in [4.78, 5) is 4.27. The number of hydrogen-bond donors (Lipinski definition) is 1. The molecule has 1 heterocycles. The van der Waals surface area contributed by atoms with Gasteiger partial charge in [0.15, 0.2) is 0 Å². The zero-order valence-corrected chi connectivity index (χ0v) is 12.3. The van der Waals surface area contributed by atoms with Gasteiger partial charge in [0, 0.05) is 11.6 Å². The summed E-state index contributed by atoms with van der Waals surface area (Å²) in [5.74, 6) is 0.605. The number of halogens is 1. The van der Waals surface area contributed by atoms with Crippen molar-refractivity contribution in [2.75, 3.05) is 13.2 Å². The Kier molecular flexibility index (Phi) is 5.17. The SMILES string of the molecule is CC(C)OCC(O)COc1ccc(Cl)c2cccnc12. The van der Waals surface area contributed by atoms with E-state index in [1.165, 1.54) is 0 Å². The van der Waals surface area contributed by atoms with Gasteiger partial charge in [0.2, 0.25) is 0 Å². The van der Waals surface area contributed by atoms with Gasteiger partial charge in [0.1, 0.15) is 24.0 Å². The summed E-state index contributed by atoms with van der Waals surface area (Å²) in [6, 6.07) is 7.23. The van der Waals surface area contributed by atoms with Gasteiger partial charge in [-0.2, -0.15) is 0 Å². The van der Waals surface area contributed by atoms with E-state index in [1.807, 2.05) is 26.0 Å². The van der Waals surface area contributed by atoms with Crippen molar-refractivity contribution in [1.82, 2.24) is 4.98 Å². The molecule has 0 radical (unpaired) electrons. The summed E-state index contributed by atoms with van der Waals surface area (Å²) < 4.78 is 10.9. The summed E-state index contributed by atoms with van der Waals surface area (Å²) in [6.07, 6.45) is 1.10. The van der Waals surface area contributed by atoms with E-state index in [0.717, 1.165) is 5.39 Å². The van der Waals surface area contributed by atoms with Gasteiger partial charge in [-0.25, -0.2) is 0 Å². The lowest BCUT2D eigenvalue weighted by Crippen LogP contribution is -2.25. The number of aliphatic hydroxyl groups is 1. The zero-order chi connectivity index (χ0) is 14.5. The fraction of sp³-hybridized carbons (Fsp3) is 0.400. The van der Waals surface area contributed by atoms with E-state index in [-0.39, 0.29) is 19.3 Å². The summed E-state index contributed by atoms with van der Waals surface area (Å²) in [7, 11) is 0. The second-order valence-electron chi connectivity index (χ2n) is 4.79. The third-order valence-corrected chi connectivity index (χ3v) is 3.06. The van der Waals surface area contributed by atoms with Gasteiger partial charge in [-0.05, 0) is 38.1 Å². The van der Waals surface area contributed by atoms with Crippen LogP contribution < -0.4 is 4.74 Å². The molecule has 0 bridgehead atoms. The molecule has 20 heavy (non-hydrogen) atoms. The Morgan fingerprint density at radius 1 is 1.25 bits per heavy atom. The first-order valence-corrected chi connectivity index (χ1v) is 6.91. The molecule has 5 heteroatoms. The lowest BCUT2D eigenvalue weighted by Gasteiger charge is -2.15. The minimum atomic E-state index is -0.674. The molecule has 1 N–H and O–H groups in total. The molecule has 108 valence electrons. The van der Waals surface area contributed by atoms with Gasteiger partial charge >= 0.3 is 0 Å². The molecule has 1 aromatic carbocycles. The number of aliphatic hydroxyl groups excluding tert-OH is 1. The van der Waals surface area contributed by atoms with Crippen molar-refractivity contribution in [3.05, 3.63) is 35.5 Å². The minimum Gasteiger partial charge on any atom is -0.489 e. The molecule has 0 aliphatic rings. The Bertz CT molecular complexity index is 574. The number of aromatic nitrogens is 1. The average Bonchev–Trinajstić information content (AvgIpc) is 2.45. The number of pyridine rings is 1. The second-order valence-corrected chi connectivity index (χ2v) is 5.20. The first-order chi connectivity index (χ1) is 9.58. The number of fused-ring (bicyclic) bond motifs is 1. The van der Waals surface area contributed by atoms with Crippen LogP contribution in [0.25, 0.3) is 10.9 Å². The predicted octanol–water partition coefficient (Wildman–Crippen LogP) is 3.05. The largest absolute Gasteiger partial charge is 0.489 e. The van der Waals surface area contributed by atoms with Crippen LogP contribution in [0, 0.1) is 0 Å². The molecule has 4 nitrogen and oxygen atoms in total. The van der Waals surface area contributed by atoms with Gasteiger partial charge in [-0.1, -0.05) is 11.6 Å². The standard InChI is InChI=1S/C15H18ClNO3/c1-10(2)19-8-11(18)9-20-14-6-5-13(16)12-4-3-7-17-15(12)14/h3-7,10-11,18H,8-9H2,1-2H3. The van der Waals surface area contributed by atoms with Crippen molar-refractivity contribution >= 4 is 22.5 Å². The third kappa shape index (κ3) is 3.82. The van der Waals surface area contributed by atoms with Crippen LogP contribution in [-0.4, -0.2) is 35.5 Å². The number of ether oxygens (including phenoxy) is 2. The second kappa shape index (κ2) is 6.88. The van der Waals surface area contributed by atoms with E-state index in [9.17, 15) is 5.11 Å². The van der Waals surface area contributed by atoms with Crippen LogP contribution in [-0.2, 0) is 4.74 Å². The molecular formula is C15H18ClNO3. The van der Waals surface area contributed by atoms with Crippen LogP contribution >= 0.6 is 11.6 Å². The number of nitrogens with zero attached hydrogens (tertiary/aromatic N) is 1. The lowest BCUT2D eigenvalue weighted by atomic mass is 10.2. The average molecular weight is 296 g/mol. The highest BCUT2D eigenvalue weighted by Gasteiger charge is 2.10. The van der Waals surface area contributed by atoms with E-state index in [4.69, 9.17) is 21.1 Å². The molecule has 0 aliphatic carbocycles. The van der Waals surface area contributed by atoms with Crippen LogP contribution in [0.5, 0.6) is 5.75 Å². The Labute approximate surface area is 123 Å². The van der Waals surface area contributed by atoms with Gasteiger partial charge in [0.25, 0.3) is 0 Å². The van der Waals surface area contributed by atoms with Crippen LogP contribution in [0.2, 0.25) is 5.02 Å². The predicted molar refractivity (Wildman–Crippen MR) is 79.3 cm³/mol. The maximum atomic E-state index is 9.79. The number of rotatable bonds is 6.